The molecular formula is C36H44O18. The number of esters is 4. The molecule has 0 spiro atoms. The molecule has 18 heteroatoms. The lowest BCUT2D eigenvalue weighted by Gasteiger charge is -2.45. The average molecular weight is 765 g/mol. The predicted molar refractivity (Wildman–Crippen MR) is 176 cm³/mol. The van der Waals surface area contributed by atoms with Crippen LogP contribution in [0.25, 0.3) is 6.08 Å². The lowest BCUT2D eigenvalue weighted by molar-refractivity contribution is -0.347. The van der Waals surface area contributed by atoms with E-state index in [1.54, 1.807) is 37.3 Å². The number of aliphatic hydroxyl groups excluding tert-OH is 4. The van der Waals surface area contributed by atoms with Crippen LogP contribution in [-0.4, -0.2) is 143 Å². The van der Waals surface area contributed by atoms with Gasteiger partial charge in [-0.15, -0.1) is 0 Å². The Morgan fingerprint density at radius 1 is 0.796 bits per heavy atom. The summed E-state index contributed by atoms with van der Waals surface area (Å²) in [5.41, 5.74) is -0.589. The van der Waals surface area contributed by atoms with E-state index >= 15 is 0 Å². The summed E-state index contributed by atoms with van der Waals surface area (Å²) in [5, 5.41) is 42.3. The number of carbonyl (C=O) groups excluding carboxylic acids is 4. The fourth-order valence-corrected chi connectivity index (χ4v) is 7.44. The van der Waals surface area contributed by atoms with Crippen LogP contribution >= 0.6 is 0 Å². The maximum absolute atomic E-state index is 13.1. The summed E-state index contributed by atoms with van der Waals surface area (Å²) in [5.74, 6) is -4.45. The topological polar surface area (TPSA) is 245 Å². The van der Waals surface area contributed by atoms with Gasteiger partial charge < -0.3 is 67.8 Å². The molecule has 16 unspecified atom stereocenters. The number of rotatable bonds is 12. The van der Waals surface area contributed by atoms with E-state index in [4.69, 9.17) is 47.4 Å². The molecule has 1 saturated carbocycles. The number of fused-ring (bicyclic) bond motifs is 3. The summed E-state index contributed by atoms with van der Waals surface area (Å²) in [6, 6.07) is 8.94. The van der Waals surface area contributed by atoms with E-state index in [1.165, 1.54) is 18.4 Å². The minimum Gasteiger partial charge on any atom is -0.472 e. The standard InChI is InChI=1S/C36H44O18/c1-16-28(48-18(3)39)30(51-23(41)11-10-20-8-6-5-7-9-20)31(49-19(4)40)35(47-16)52-29-21-12-13-45-33(24(21)36(15-37)32(29)54-36)53-34-27(44)26(43)25(42)22(50-34)14-46-17(2)38/h5-13,16,21-22,24-35,37,42-44H,14-15H2,1-4H3. The Hall–Kier alpha value is -3.98. The molecule has 4 N–H and O–H groups in total. The lowest BCUT2D eigenvalue weighted by Crippen LogP contribution is -2.62. The molecule has 0 radical (unpaired) electrons. The van der Waals surface area contributed by atoms with Crippen molar-refractivity contribution < 1.29 is 87.0 Å². The third-order valence-electron chi connectivity index (χ3n) is 9.96. The highest BCUT2D eigenvalue weighted by Gasteiger charge is 2.77. The van der Waals surface area contributed by atoms with E-state index < -0.39 is 134 Å². The quantitative estimate of drug-likeness (QED) is 0.0884. The zero-order chi connectivity index (χ0) is 38.9. The number of ether oxygens (including phenoxy) is 10. The largest absolute Gasteiger partial charge is 0.472 e. The first kappa shape index (κ1) is 39.7. The number of epoxide rings is 1. The van der Waals surface area contributed by atoms with Crippen LogP contribution < -0.4 is 0 Å². The second-order valence-electron chi connectivity index (χ2n) is 13.6. The van der Waals surface area contributed by atoms with Crippen LogP contribution in [0.4, 0.5) is 0 Å². The second-order valence-corrected chi connectivity index (χ2v) is 13.6. The molecule has 1 aromatic carbocycles. The SMILES string of the molecule is CC(=O)OCC1OC(OC2OC=CC3C(OC4OC(C)C(OC(C)=O)C(OC(=O)C=Cc5ccccc5)C4OC(C)=O)C4OC4(CO)C23)C(O)C(O)C1O. The number of hydrogen-bond acceptors (Lipinski definition) is 18. The Morgan fingerprint density at radius 3 is 2.17 bits per heavy atom. The molecule has 0 bridgehead atoms. The summed E-state index contributed by atoms with van der Waals surface area (Å²) in [6.45, 7) is 4.04. The molecule has 4 fully saturated rings. The monoisotopic (exact) mass is 764 g/mol. The van der Waals surface area contributed by atoms with E-state index in [0.717, 1.165) is 20.8 Å². The van der Waals surface area contributed by atoms with Gasteiger partial charge in [0.05, 0.1) is 31.0 Å². The van der Waals surface area contributed by atoms with E-state index in [1.807, 2.05) is 6.07 Å². The maximum Gasteiger partial charge on any atom is 0.331 e. The summed E-state index contributed by atoms with van der Waals surface area (Å²) in [6.07, 6.45) is -11.8. The molecule has 1 aromatic rings. The Kier molecular flexibility index (Phi) is 12.1. The minimum absolute atomic E-state index is 0.444. The fraction of sp³-hybridized carbons (Fsp3) is 0.611. The third kappa shape index (κ3) is 8.17. The number of aliphatic hydroxyl groups is 4. The first-order valence-electron chi connectivity index (χ1n) is 17.4. The fourth-order valence-electron chi connectivity index (χ4n) is 7.44. The molecular weight excluding hydrogens is 720 g/mol. The van der Waals surface area contributed by atoms with Gasteiger partial charge >= 0.3 is 23.9 Å². The molecule has 6 rings (SSSR count). The Bertz CT molecular complexity index is 1580. The van der Waals surface area contributed by atoms with Gasteiger partial charge in [-0.25, -0.2) is 4.79 Å². The highest BCUT2D eigenvalue weighted by atomic mass is 16.8. The van der Waals surface area contributed by atoms with Crippen molar-refractivity contribution in [3.8, 4) is 0 Å². The van der Waals surface area contributed by atoms with Crippen LogP contribution in [0, 0.1) is 11.8 Å². The van der Waals surface area contributed by atoms with Gasteiger partial charge in [0, 0.05) is 32.8 Å². The van der Waals surface area contributed by atoms with Crippen molar-refractivity contribution in [2.75, 3.05) is 13.2 Å². The highest BCUT2D eigenvalue weighted by Crippen LogP contribution is 2.61. The molecule has 296 valence electrons. The van der Waals surface area contributed by atoms with Gasteiger partial charge in [0.25, 0.3) is 0 Å². The van der Waals surface area contributed by atoms with Crippen LogP contribution in [0.15, 0.2) is 48.7 Å². The van der Waals surface area contributed by atoms with Crippen molar-refractivity contribution in [3.05, 3.63) is 54.3 Å². The maximum atomic E-state index is 13.1. The molecule has 4 heterocycles. The van der Waals surface area contributed by atoms with Crippen LogP contribution in [0.3, 0.4) is 0 Å². The Balaban J connectivity index is 1.23. The summed E-state index contributed by atoms with van der Waals surface area (Å²) < 4.78 is 58.0. The Labute approximate surface area is 309 Å². The summed E-state index contributed by atoms with van der Waals surface area (Å²) in [4.78, 5) is 49.1. The van der Waals surface area contributed by atoms with Gasteiger partial charge in [0.15, 0.2) is 30.9 Å². The number of benzene rings is 1. The molecule has 0 aromatic heterocycles. The van der Waals surface area contributed by atoms with Crippen molar-refractivity contribution in [1.82, 2.24) is 0 Å². The first-order chi connectivity index (χ1) is 25.7. The van der Waals surface area contributed by atoms with E-state index in [2.05, 4.69) is 0 Å². The minimum atomic E-state index is -1.76. The van der Waals surface area contributed by atoms with Crippen LogP contribution in [0.1, 0.15) is 33.3 Å². The molecule has 1 aliphatic carbocycles. The van der Waals surface area contributed by atoms with E-state index in [0.29, 0.717) is 5.56 Å². The molecule has 18 nitrogen and oxygen atoms in total. The van der Waals surface area contributed by atoms with Crippen molar-refractivity contribution in [3.63, 3.8) is 0 Å². The van der Waals surface area contributed by atoms with Crippen molar-refractivity contribution in [2.24, 2.45) is 11.8 Å². The van der Waals surface area contributed by atoms with Crippen molar-refractivity contribution in [2.45, 2.75) is 113 Å². The van der Waals surface area contributed by atoms with Crippen LogP contribution in [0.5, 0.6) is 0 Å². The van der Waals surface area contributed by atoms with E-state index in [-0.39, 0.29) is 0 Å². The zero-order valence-electron chi connectivity index (χ0n) is 29.8. The molecule has 4 aliphatic heterocycles. The lowest BCUT2D eigenvalue weighted by atomic mass is 9.85. The Morgan fingerprint density at radius 2 is 1.50 bits per heavy atom. The molecule has 54 heavy (non-hydrogen) atoms. The normalized spacial score (nSPS) is 40.9. The summed E-state index contributed by atoms with van der Waals surface area (Å²) >= 11 is 0. The van der Waals surface area contributed by atoms with Crippen molar-refractivity contribution >= 4 is 30.0 Å². The molecule has 5 aliphatic rings. The van der Waals surface area contributed by atoms with Gasteiger partial charge in [-0.1, -0.05) is 30.3 Å². The predicted octanol–water partition coefficient (Wildman–Crippen LogP) is -0.762. The smallest absolute Gasteiger partial charge is 0.331 e. The van der Waals surface area contributed by atoms with E-state index in [9.17, 15) is 39.6 Å². The summed E-state index contributed by atoms with van der Waals surface area (Å²) in [7, 11) is 0. The van der Waals surface area contributed by atoms with Crippen LogP contribution in [0.2, 0.25) is 0 Å². The molecule has 0 amide bonds. The molecule has 16 atom stereocenters. The van der Waals surface area contributed by atoms with Gasteiger partial charge in [-0.3, -0.25) is 14.4 Å². The van der Waals surface area contributed by atoms with Gasteiger partial charge in [0.1, 0.15) is 42.7 Å². The van der Waals surface area contributed by atoms with Gasteiger partial charge in [-0.2, -0.15) is 0 Å². The highest BCUT2D eigenvalue weighted by molar-refractivity contribution is 5.87. The van der Waals surface area contributed by atoms with Crippen molar-refractivity contribution in [1.29, 1.82) is 0 Å². The third-order valence-corrected chi connectivity index (χ3v) is 9.96. The van der Waals surface area contributed by atoms with Crippen LogP contribution in [-0.2, 0) is 66.5 Å². The average Bonchev–Trinajstić information content (AvgIpc) is 3.81. The van der Waals surface area contributed by atoms with Gasteiger partial charge in [-0.05, 0) is 24.6 Å². The van der Waals surface area contributed by atoms with Gasteiger partial charge in [0.2, 0.25) is 6.29 Å². The zero-order valence-corrected chi connectivity index (χ0v) is 29.8. The number of carbonyl (C=O) groups is 4. The number of hydrogen-bond donors (Lipinski definition) is 4. The molecule has 3 saturated heterocycles. The second kappa shape index (κ2) is 16.4. The first-order valence-corrected chi connectivity index (χ1v) is 17.4.